The summed E-state index contributed by atoms with van der Waals surface area (Å²) < 4.78 is 36.5. The average molecular weight is 353 g/mol. The number of fused-ring (bicyclic) bond motifs is 1. The molecule has 8 nitrogen and oxygen atoms in total. The Labute approximate surface area is 135 Å². The fraction of sp³-hybridized carbons (Fsp3) is 0.769. The molecule has 11 heteroatoms. The number of nitrogens with zero attached hydrogens (tertiary/aromatic N) is 2. The summed E-state index contributed by atoms with van der Waals surface area (Å²) in [4.78, 5) is 36.4. The van der Waals surface area contributed by atoms with Crippen molar-refractivity contribution >= 4 is 18.0 Å². The highest BCUT2D eigenvalue weighted by atomic mass is 19.4. The zero-order chi connectivity index (χ0) is 18.1. The molecule has 1 saturated carbocycles. The van der Waals surface area contributed by atoms with Crippen LogP contribution in [-0.4, -0.2) is 83.9 Å². The zero-order valence-corrected chi connectivity index (χ0v) is 12.9. The number of methoxy groups -OCH3 is 1. The zero-order valence-electron chi connectivity index (χ0n) is 12.9. The molecule has 0 radical (unpaired) electrons. The number of carboxylic acid groups (broad SMARTS) is 1. The lowest BCUT2D eigenvalue weighted by Crippen LogP contribution is -2.60. The van der Waals surface area contributed by atoms with Gasteiger partial charge in [0.1, 0.15) is 6.04 Å². The molecule has 2 atom stereocenters. The van der Waals surface area contributed by atoms with Crippen molar-refractivity contribution in [2.75, 3.05) is 26.7 Å². The van der Waals surface area contributed by atoms with Crippen molar-refractivity contribution in [1.82, 2.24) is 15.1 Å². The number of carboxylic acids is 1. The maximum atomic E-state index is 12.1. The van der Waals surface area contributed by atoms with E-state index in [0.29, 0.717) is 25.7 Å². The van der Waals surface area contributed by atoms with Crippen molar-refractivity contribution in [3.63, 3.8) is 0 Å². The lowest BCUT2D eigenvalue weighted by molar-refractivity contribution is -0.192. The van der Waals surface area contributed by atoms with Crippen LogP contribution in [0, 0.1) is 0 Å². The number of urea groups is 1. The number of hydrogen-bond acceptors (Lipinski definition) is 5. The number of nitrogens with one attached hydrogen (secondary N) is 1. The predicted molar refractivity (Wildman–Crippen MR) is 73.1 cm³/mol. The van der Waals surface area contributed by atoms with Crippen LogP contribution in [0.4, 0.5) is 18.0 Å². The monoisotopic (exact) mass is 353 g/mol. The molecule has 0 bridgehead atoms. The number of amides is 2. The van der Waals surface area contributed by atoms with Gasteiger partial charge in [-0.05, 0) is 12.8 Å². The maximum Gasteiger partial charge on any atom is 0.490 e. The number of rotatable bonds is 2. The van der Waals surface area contributed by atoms with Crippen molar-refractivity contribution < 1.29 is 37.4 Å². The molecular formula is C13H18F3N3O5. The highest BCUT2D eigenvalue weighted by molar-refractivity contribution is 5.83. The van der Waals surface area contributed by atoms with Gasteiger partial charge in [0.15, 0.2) is 0 Å². The van der Waals surface area contributed by atoms with Crippen LogP contribution in [-0.2, 0) is 14.3 Å². The van der Waals surface area contributed by atoms with E-state index in [1.807, 2.05) is 9.80 Å². The van der Waals surface area contributed by atoms with Gasteiger partial charge in [0.2, 0.25) is 0 Å². The third kappa shape index (κ3) is 3.89. The first kappa shape index (κ1) is 18.3. The van der Waals surface area contributed by atoms with Crippen molar-refractivity contribution in [2.45, 2.75) is 37.1 Å². The first-order valence-corrected chi connectivity index (χ1v) is 7.35. The van der Waals surface area contributed by atoms with E-state index in [1.54, 1.807) is 0 Å². The SMILES string of the molecule is COC(=O)C1NCCN2C(=O)N(C3CC3)CC12.O=C(O)C(F)(F)F. The van der Waals surface area contributed by atoms with Crippen molar-refractivity contribution in [3.05, 3.63) is 0 Å². The molecular weight excluding hydrogens is 335 g/mol. The van der Waals surface area contributed by atoms with Crippen LogP contribution in [0.5, 0.6) is 0 Å². The molecule has 0 spiro atoms. The Morgan fingerprint density at radius 1 is 1.29 bits per heavy atom. The fourth-order valence-electron chi connectivity index (χ4n) is 2.77. The topological polar surface area (TPSA) is 99.2 Å². The van der Waals surface area contributed by atoms with E-state index in [4.69, 9.17) is 14.6 Å². The van der Waals surface area contributed by atoms with Gasteiger partial charge in [-0.25, -0.2) is 9.59 Å². The van der Waals surface area contributed by atoms with Crippen LogP contribution < -0.4 is 5.32 Å². The quantitative estimate of drug-likeness (QED) is 0.680. The van der Waals surface area contributed by atoms with Gasteiger partial charge in [-0.1, -0.05) is 0 Å². The molecule has 2 N–H and O–H groups in total. The van der Waals surface area contributed by atoms with E-state index in [-0.39, 0.29) is 24.1 Å². The second kappa shape index (κ2) is 6.83. The number of aliphatic carboxylic acids is 1. The summed E-state index contributed by atoms with van der Waals surface area (Å²) in [5, 5.41) is 10.3. The molecule has 3 aliphatic rings. The molecule has 136 valence electrons. The van der Waals surface area contributed by atoms with Gasteiger partial charge in [-0.15, -0.1) is 0 Å². The number of piperazine rings is 1. The summed E-state index contributed by atoms with van der Waals surface area (Å²) in [7, 11) is 1.39. The minimum absolute atomic E-state index is 0.0655. The first-order chi connectivity index (χ1) is 11.2. The van der Waals surface area contributed by atoms with Gasteiger partial charge in [-0.3, -0.25) is 4.79 Å². The van der Waals surface area contributed by atoms with Crippen molar-refractivity contribution in [2.24, 2.45) is 0 Å². The molecule has 24 heavy (non-hydrogen) atoms. The molecule has 2 aliphatic heterocycles. The molecule has 0 aromatic rings. The van der Waals surface area contributed by atoms with Gasteiger partial charge in [0.25, 0.3) is 0 Å². The predicted octanol–water partition coefficient (Wildman–Crippen LogP) is 0.0331. The largest absolute Gasteiger partial charge is 0.490 e. The number of ether oxygens (including phenoxy) is 1. The van der Waals surface area contributed by atoms with E-state index in [2.05, 4.69) is 5.32 Å². The van der Waals surface area contributed by atoms with Crippen LogP contribution in [0.1, 0.15) is 12.8 Å². The smallest absolute Gasteiger partial charge is 0.475 e. The van der Waals surface area contributed by atoms with E-state index in [1.165, 1.54) is 7.11 Å². The molecule has 2 amide bonds. The summed E-state index contributed by atoms with van der Waals surface area (Å²) in [6.07, 6.45) is -2.88. The lowest BCUT2D eigenvalue weighted by Gasteiger charge is -2.34. The second-order valence-electron chi connectivity index (χ2n) is 5.68. The Kier molecular flexibility index (Phi) is 5.21. The number of carbonyl (C=O) groups is 3. The molecule has 2 saturated heterocycles. The molecule has 2 heterocycles. The Morgan fingerprint density at radius 2 is 1.88 bits per heavy atom. The standard InChI is InChI=1S/C11H17N3O3.C2HF3O2/c1-17-10(15)9-8-6-14(7-2-3-7)11(16)13(8)5-4-12-9;3-2(4,5)1(6)7/h7-9,12H,2-6H2,1H3;(H,6,7). The van der Waals surface area contributed by atoms with E-state index in [0.717, 1.165) is 12.8 Å². The Bertz CT molecular complexity index is 523. The molecule has 2 unspecified atom stereocenters. The molecule has 0 aromatic heterocycles. The van der Waals surface area contributed by atoms with Crippen LogP contribution in [0.25, 0.3) is 0 Å². The van der Waals surface area contributed by atoms with Gasteiger partial charge in [0, 0.05) is 25.7 Å². The van der Waals surface area contributed by atoms with E-state index < -0.39 is 12.1 Å². The van der Waals surface area contributed by atoms with Crippen LogP contribution in [0.3, 0.4) is 0 Å². The number of halogens is 3. The molecule has 0 aromatic carbocycles. The highest BCUT2D eigenvalue weighted by Crippen LogP contribution is 2.33. The first-order valence-electron chi connectivity index (χ1n) is 7.35. The maximum absolute atomic E-state index is 12.1. The molecule has 3 rings (SSSR count). The van der Waals surface area contributed by atoms with Crippen LogP contribution in [0.2, 0.25) is 0 Å². The van der Waals surface area contributed by atoms with Gasteiger partial charge < -0.3 is 25.0 Å². The lowest BCUT2D eigenvalue weighted by atomic mass is 10.1. The van der Waals surface area contributed by atoms with Crippen LogP contribution in [0.15, 0.2) is 0 Å². The minimum Gasteiger partial charge on any atom is -0.475 e. The summed E-state index contributed by atoms with van der Waals surface area (Å²) in [5.74, 6) is -3.03. The van der Waals surface area contributed by atoms with E-state index >= 15 is 0 Å². The second-order valence-corrected chi connectivity index (χ2v) is 5.68. The van der Waals surface area contributed by atoms with E-state index in [9.17, 15) is 22.8 Å². The summed E-state index contributed by atoms with van der Waals surface area (Å²) in [6.45, 7) is 1.98. The molecule has 3 fully saturated rings. The highest BCUT2D eigenvalue weighted by Gasteiger charge is 2.50. The average Bonchev–Trinajstić information content (AvgIpc) is 3.30. The van der Waals surface area contributed by atoms with Gasteiger partial charge in [0.05, 0.1) is 13.2 Å². The third-order valence-corrected chi connectivity index (χ3v) is 4.06. The number of alkyl halides is 3. The minimum atomic E-state index is -5.08. The molecule has 1 aliphatic carbocycles. The summed E-state index contributed by atoms with van der Waals surface area (Å²) >= 11 is 0. The summed E-state index contributed by atoms with van der Waals surface area (Å²) in [5.41, 5.74) is 0. The van der Waals surface area contributed by atoms with Crippen molar-refractivity contribution in [3.8, 4) is 0 Å². The van der Waals surface area contributed by atoms with Gasteiger partial charge in [-0.2, -0.15) is 13.2 Å². The Morgan fingerprint density at radius 3 is 2.33 bits per heavy atom. The third-order valence-electron chi connectivity index (χ3n) is 4.06. The summed E-state index contributed by atoms with van der Waals surface area (Å²) in [6, 6.07) is 0.0602. The Hall–Kier alpha value is -2.04. The number of esters is 1. The van der Waals surface area contributed by atoms with Gasteiger partial charge >= 0.3 is 24.1 Å². The fourth-order valence-corrected chi connectivity index (χ4v) is 2.77. The normalized spacial score (nSPS) is 26.4. The van der Waals surface area contributed by atoms with Crippen molar-refractivity contribution in [1.29, 1.82) is 0 Å². The Balaban J connectivity index is 0.000000256. The van der Waals surface area contributed by atoms with Crippen LogP contribution >= 0.6 is 0 Å². The number of carbonyl (C=O) groups excluding carboxylic acids is 2. The number of hydrogen-bond donors (Lipinski definition) is 2.